The number of aromatic nitrogens is 4. The first kappa shape index (κ1) is 17.9. The zero-order valence-corrected chi connectivity index (χ0v) is 17.0. The summed E-state index contributed by atoms with van der Waals surface area (Å²) >= 11 is 5.45. The summed E-state index contributed by atoms with van der Waals surface area (Å²) < 4.78 is 8.34. The molecule has 8 heteroatoms. The number of hydrogen-bond acceptors (Lipinski definition) is 5. The van der Waals surface area contributed by atoms with Gasteiger partial charge in [0.2, 0.25) is 0 Å². The van der Waals surface area contributed by atoms with Crippen LogP contribution in [0.3, 0.4) is 0 Å². The summed E-state index contributed by atoms with van der Waals surface area (Å²) in [6, 6.07) is 1.97. The summed E-state index contributed by atoms with van der Waals surface area (Å²) in [5.41, 5.74) is 2.80. The molecule has 0 aliphatic rings. The molecule has 0 aliphatic heterocycles. The molecule has 0 saturated carbocycles. The first-order valence-electron chi connectivity index (χ1n) is 7.92. The van der Waals surface area contributed by atoms with E-state index in [9.17, 15) is 4.79 Å². The van der Waals surface area contributed by atoms with E-state index in [0.717, 1.165) is 15.6 Å². The van der Waals surface area contributed by atoms with Crippen molar-refractivity contribution in [1.82, 2.24) is 19.6 Å². The molecule has 0 fully saturated rings. The molecule has 1 atom stereocenters. The number of carbonyl (C=O) groups excluding carboxylic acids is 1. The number of fused-ring (bicyclic) bond motifs is 1. The third-order valence-electron chi connectivity index (χ3n) is 3.44. The average Bonchev–Trinajstić information content (AvgIpc) is 2.97. The van der Waals surface area contributed by atoms with Crippen molar-refractivity contribution in [3.8, 4) is 11.3 Å². The first-order chi connectivity index (χ1) is 12.0. The minimum absolute atomic E-state index is 0.314. The van der Waals surface area contributed by atoms with Gasteiger partial charge < -0.3 is 0 Å². The molecule has 6 nitrogen and oxygen atoms in total. The monoisotopic (exact) mass is 420 g/mol. The molecule has 0 aliphatic carbocycles. The maximum atomic E-state index is 12.2. The van der Waals surface area contributed by atoms with Gasteiger partial charge in [-0.05, 0) is 0 Å². The van der Waals surface area contributed by atoms with Gasteiger partial charge in [0.05, 0.1) is 0 Å². The Balaban J connectivity index is 2.08. The molecule has 0 radical (unpaired) electrons. The molecule has 3 aromatic rings. The van der Waals surface area contributed by atoms with Gasteiger partial charge in [-0.1, -0.05) is 0 Å². The van der Waals surface area contributed by atoms with Crippen molar-refractivity contribution in [1.29, 1.82) is 0 Å². The summed E-state index contributed by atoms with van der Waals surface area (Å²) in [7, 11) is 0. The van der Waals surface area contributed by atoms with Crippen molar-refractivity contribution in [3.05, 3.63) is 41.4 Å². The number of nitrogens with zero attached hydrogens (tertiary/aromatic N) is 4. The molecule has 130 valence electrons. The van der Waals surface area contributed by atoms with Crippen LogP contribution in [0.15, 0.2) is 30.9 Å². The maximum absolute atomic E-state index is 12.2. The molecule has 0 bridgehead atoms. The van der Waals surface area contributed by atoms with E-state index in [2.05, 4.69) is 28.9 Å². The number of rotatable bonds is 5. The molecule has 0 aromatic carbocycles. The fourth-order valence-electron chi connectivity index (χ4n) is 2.44. The van der Waals surface area contributed by atoms with Gasteiger partial charge in [-0.15, -0.1) is 0 Å². The first-order valence-corrected chi connectivity index (χ1v) is 10.6. The number of esters is 1. The SMILES string of the molecule is CCOC(=O)c1cnc(-c2cnn3cc(Cl)cnc23)cc1[AsH]C(C)C. The van der Waals surface area contributed by atoms with Crippen LogP contribution in [0, 0.1) is 0 Å². The number of carbonyl (C=O) groups is 1. The zero-order chi connectivity index (χ0) is 18.0. The summed E-state index contributed by atoms with van der Waals surface area (Å²) in [5.74, 6) is -0.314. The predicted molar refractivity (Wildman–Crippen MR) is 99.1 cm³/mol. The van der Waals surface area contributed by atoms with Crippen LogP contribution in [0.25, 0.3) is 16.9 Å². The van der Waals surface area contributed by atoms with Crippen molar-refractivity contribution in [2.24, 2.45) is 0 Å². The molecule has 3 aromatic heterocycles. The molecule has 3 rings (SSSR count). The van der Waals surface area contributed by atoms with Crippen LogP contribution in [0.4, 0.5) is 0 Å². The molecular weight excluding hydrogens is 403 g/mol. The van der Waals surface area contributed by atoms with Crippen LogP contribution in [0.2, 0.25) is 9.73 Å². The van der Waals surface area contributed by atoms with E-state index >= 15 is 0 Å². The molecule has 1 unspecified atom stereocenters. The van der Waals surface area contributed by atoms with Crippen molar-refractivity contribution in [2.45, 2.75) is 25.5 Å². The van der Waals surface area contributed by atoms with E-state index in [1.165, 1.54) is 0 Å². The Labute approximate surface area is 157 Å². The number of halogens is 1. The van der Waals surface area contributed by atoms with Crippen molar-refractivity contribution < 1.29 is 9.53 Å². The molecule has 25 heavy (non-hydrogen) atoms. The average molecular weight is 421 g/mol. The quantitative estimate of drug-likeness (QED) is 0.468. The third-order valence-corrected chi connectivity index (χ3v) is 6.37. The molecule has 3 heterocycles. The van der Waals surface area contributed by atoms with Gasteiger partial charge in [-0.25, -0.2) is 0 Å². The Morgan fingerprint density at radius 1 is 1.32 bits per heavy atom. The molecule has 0 amide bonds. The van der Waals surface area contributed by atoms with Crippen molar-refractivity contribution >= 4 is 43.3 Å². The Hall–Kier alpha value is -1.91. The van der Waals surface area contributed by atoms with E-state index in [1.54, 1.807) is 36.2 Å². The van der Waals surface area contributed by atoms with Gasteiger partial charge in [0.25, 0.3) is 0 Å². The van der Waals surface area contributed by atoms with E-state index in [0.29, 0.717) is 27.5 Å². The number of pyridine rings is 1. The van der Waals surface area contributed by atoms with Crippen LogP contribution in [0.1, 0.15) is 31.1 Å². The zero-order valence-electron chi connectivity index (χ0n) is 14.2. The van der Waals surface area contributed by atoms with E-state index in [4.69, 9.17) is 16.3 Å². The van der Waals surface area contributed by atoms with Gasteiger partial charge in [0.15, 0.2) is 0 Å². The number of ether oxygens (including phenoxy) is 1. The Bertz CT molecular complexity index is 926. The standard InChI is InChI=1S/C17H18AsClN4O2/c1-4-25-17(24)12-7-20-15(5-14(12)18-10(2)3)13-8-22-23-9-11(19)6-21-16(13)23/h5-10,18H,4H2,1-3H3. The fraction of sp³-hybridized carbons (Fsp3) is 0.294. The van der Waals surface area contributed by atoms with E-state index in [-0.39, 0.29) is 5.97 Å². The Morgan fingerprint density at radius 3 is 2.84 bits per heavy atom. The van der Waals surface area contributed by atoms with E-state index in [1.807, 2.05) is 6.07 Å². The molecule has 0 spiro atoms. The van der Waals surface area contributed by atoms with Crippen LogP contribution in [-0.4, -0.2) is 47.9 Å². The van der Waals surface area contributed by atoms with Crippen LogP contribution in [0.5, 0.6) is 0 Å². The van der Waals surface area contributed by atoms with Crippen LogP contribution >= 0.6 is 11.6 Å². The summed E-state index contributed by atoms with van der Waals surface area (Å²) in [4.78, 5) is 21.0. The molecule has 0 saturated heterocycles. The van der Waals surface area contributed by atoms with Gasteiger partial charge >= 0.3 is 157 Å². The fourth-order valence-corrected chi connectivity index (χ4v) is 5.02. The molecular formula is C17H18AsClN4O2. The van der Waals surface area contributed by atoms with E-state index < -0.39 is 15.8 Å². The second-order valence-corrected chi connectivity index (χ2v) is 10.3. The van der Waals surface area contributed by atoms with Gasteiger partial charge in [0.1, 0.15) is 0 Å². The second kappa shape index (κ2) is 7.54. The Kier molecular flexibility index (Phi) is 5.40. The number of hydrogen-bond donors (Lipinski definition) is 0. The van der Waals surface area contributed by atoms with Gasteiger partial charge in [0, 0.05) is 0 Å². The van der Waals surface area contributed by atoms with Crippen molar-refractivity contribution in [3.63, 3.8) is 0 Å². The Morgan fingerprint density at radius 2 is 2.12 bits per heavy atom. The summed E-state index contributed by atoms with van der Waals surface area (Å²) in [6.45, 7) is 6.47. The third kappa shape index (κ3) is 3.85. The second-order valence-electron chi connectivity index (χ2n) is 5.73. The summed E-state index contributed by atoms with van der Waals surface area (Å²) in [6.07, 6.45) is 6.60. The summed E-state index contributed by atoms with van der Waals surface area (Å²) in [5, 5.41) is 4.80. The van der Waals surface area contributed by atoms with Gasteiger partial charge in [-0.3, -0.25) is 0 Å². The minimum atomic E-state index is -0.503. The normalized spacial score (nSPS) is 11.7. The topological polar surface area (TPSA) is 69.4 Å². The van der Waals surface area contributed by atoms with Crippen molar-refractivity contribution in [2.75, 3.05) is 6.61 Å². The molecule has 0 N–H and O–H groups in total. The predicted octanol–water partition coefficient (Wildman–Crippen LogP) is 2.51. The van der Waals surface area contributed by atoms with Crippen LogP contribution in [-0.2, 0) is 4.74 Å². The van der Waals surface area contributed by atoms with Gasteiger partial charge in [-0.2, -0.15) is 0 Å². The van der Waals surface area contributed by atoms with Crippen LogP contribution < -0.4 is 4.35 Å².